The van der Waals surface area contributed by atoms with Crippen LogP contribution in [0.5, 0.6) is 5.75 Å². The largest absolute Gasteiger partial charge is 0.485 e. The first kappa shape index (κ1) is 13.3. The highest BCUT2D eigenvalue weighted by atomic mass is 16.5. The molecule has 0 amide bonds. The van der Waals surface area contributed by atoms with Gasteiger partial charge in [0.25, 0.3) is 0 Å². The van der Waals surface area contributed by atoms with E-state index in [0.717, 1.165) is 33.5 Å². The van der Waals surface area contributed by atoms with Crippen molar-refractivity contribution in [1.82, 2.24) is 4.98 Å². The van der Waals surface area contributed by atoms with Crippen molar-refractivity contribution < 1.29 is 9.84 Å². The van der Waals surface area contributed by atoms with Gasteiger partial charge in [-0.05, 0) is 50.1 Å². The number of nitrogens with two attached hydrogens (primary N) is 1. The van der Waals surface area contributed by atoms with E-state index >= 15 is 0 Å². The van der Waals surface area contributed by atoms with E-state index in [1.54, 1.807) is 0 Å². The van der Waals surface area contributed by atoms with Crippen LogP contribution >= 0.6 is 0 Å². The maximum absolute atomic E-state index is 10.1. The summed E-state index contributed by atoms with van der Waals surface area (Å²) in [5.41, 5.74) is 9.07. The number of aliphatic hydroxyl groups is 1. The van der Waals surface area contributed by atoms with Crippen LogP contribution < -0.4 is 10.5 Å². The molecule has 0 spiro atoms. The summed E-state index contributed by atoms with van der Waals surface area (Å²) >= 11 is 0. The van der Waals surface area contributed by atoms with E-state index < -0.39 is 11.7 Å². The summed E-state index contributed by atoms with van der Waals surface area (Å²) in [6.45, 7) is 6.30. The molecular formula is C16H20N2O2. The van der Waals surface area contributed by atoms with E-state index in [1.165, 1.54) is 0 Å². The smallest absolute Gasteiger partial charge is 0.129 e. The van der Waals surface area contributed by atoms with E-state index in [9.17, 15) is 5.11 Å². The lowest BCUT2D eigenvalue weighted by atomic mass is 9.90. The average molecular weight is 272 g/mol. The van der Waals surface area contributed by atoms with Gasteiger partial charge in [0, 0.05) is 18.4 Å². The number of rotatable bonds is 1. The van der Waals surface area contributed by atoms with E-state index in [1.807, 2.05) is 32.0 Å². The molecule has 1 atom stereocenters. The molecule has 0 saturated heterocycles. The molecule has 0 aliphatic carbocycles. The molecule has 3 rings (SSSR count). The molecule has 0 unspecified atom stereocenters. The predicted octanol–water partition coefficient (Wildman–Crippen LogP) is 2.08. The van der Waals surface area contributed by atoms with Gasteiger partial charge in [0.2, 0.25) is 0 Å². The number of hydrogen-bond acceptors (Lipinski definition) is 4. The van der Waals surface area contributed by atoms with Crippen molar-refractivity contribution >= 4 is 10.9 Å². The van der Waals surface area contributed by atoms with Gasteiger partial charge in [0.05, 0.1) is 17.3 Å². The van der Waals surface area contributed by atoms with Gasteiger partial charge in [-0.15, -0.1) is 0 Å². The molecule has 1 aliphatic rings. The number of benzene rings is 1. The minimum atomic E-state index is -0.556. The standard InChI is InChI=1S/C16H20N2O2/c1-9-4-11(8-17)18-13-5-10-6-15(19)16(2,3)20-14(10)7-12(9)13/h4-5,7,15,19H,6,8,17H2,1-3H3/t15-/m1/s1. The van der Waals surface area contributed by atoms with Crippen LogP contribution in [0.25, 0.3) is 10.9 Å². The zero-order valence-corrected chi connectivity index (χ0v) is 12.1. The van der Waals surface area contributed by atoms with Gasteiger partial charge in [-0.2, -0.15) is 0 Å². The van der Waals surface area contributed by atoms with Crippen molar-refractivity contribution in [3.8, 4) is 5.75 Å². The monoisotopic (exact) mass is 272 g/mol. The fraction of sp³-hybridized carbons (Fsp3) is 0.438. The fourth-order valence-corrected chi connectivity index (χ4v) is 2.70. The Hall–Kier alpha value is -1.65. The minimum absolute atomic E-state index is 0.431. The molecule has 0 saturated carbocycles. The Kier molecular flexibility index (Phi) is 2.96. The van der Waals surface area contributed by atoms with E-state index in [0.29, 0.717) is 13.0 Å². The third kappa shape index (κ3) is 2.05. The van der Waals surface area contributed by atoms with Gasteiger partial charge >= 0.3 is 0 Å². The number of nitrogens with zero attached hydrogens (tertiary/aromatic N) is 1. The highest BCUT2D eigenvalue weighted by Crippen LogP contribution is 2.36. The first-order valence-electron chi connectivity index (χ1n) is 6.91. The Bertz CT molecular complexity index is 680. The predicted molar refractivity (Wildman–Crippen MR) is 78.8 cm³/mol. The second kappa shape index (κ2) is 4.43. The summed E-state index contributed by atoms with van der Waals surface area (Å²) in [5.74, 6) is 0.846. The second-order valence-electron chi connectivity index (χ2n) is 6.04. The molecule has 3 N–H and O–H groups in total. The number of aromatic nitrogens is 1. The molecule has 20 heavy (non-hydrogen) atoms. The maximum Gasteiger partial charge on any atom is 0.129 e. The lowest BCUT2D eigenvalue weighted by Crippen LogP contribution is -2.46. The average Bonchev–Trinajstić information content (AvgIpc) is 2.38. The number of fused-ring (bicyclic) bond motifs is 2. The molecule has 1 aromatic heterocycles. The third-order valence-corrected chi connectivity index (χ3v) is 4.05. The first-order valence-corrected chi connectivity index (χ1v) is 6.91. The minimum Gasteiger partial charge on any atom is -0.485 e. The topological polar surface area (TPSA) is 68.4 Å². The first-order chi connectivity index (χ1) is 9.40. The summed E-state index contributed by atoms with van der Waals surface area (Å²) in [5, 5.41) is 11.2. The number of ether oxygens (including phenoxy) is 1. The van der Waals surface area contributed by atoms with Gasteiger partial charge in [-0.25, -0.2) is 0 Å². The Morgan fingerprint density at radius 2 is 2.15 bits per heavy atom. The van der Waals surface area contributed by atoms with Crippen molar-refractivity contribution in [3.63, 3.8) is 0 Å². The highest BCUT2D eigenvalue weighted by Gasteiger charge is 2.35. The lowest BCUT2D eigenvalue weighted by Gasteiger charge is -2.37. The molecule has 0 radical (unpaired) electrons. The second-order valence-corrected chi connectivity index (χ2v) is 6.04. The molecule has 4 nitrogen and oxygen atoms in total. The van der Waals surface area contributed by atoms with E-state index in [-0.39, 0.29) is 0 Å². The highest BCUT2D eigenvalue weighted by molar-refractivity contribution is 5.85. The van der Waals surface area contributed by atoms with Crippen LogP contribution in [0.3, 0.4) is 0 Å². The zero-order valence-electron chi connectivity index (χ0n) is 12.1. The van der Waals surface area contributed by atoms with Crippen LogP contribution in [0.2, 0.25) is 0 Å². The lowest BCUT2D eigenvalue weighted by molar-refractivity contribution is -0.0410. The van der Waals surface area contributed by atoms with Gasteiger partial charge in [-0.1, -0.05) is 0 Å². The summed E-state index contributed by atoms with van der Waals surface area (Å²) in [6.07, 6.45) is 0.0810. The Morgan fingerprint density at radius 3 is 2.85 bits per heavy atom. The Balaban J connectivity index is 2.19. The van der Waals surface area contributed by atoms with E-state index in [2.05, 4.69) is 11.9 Å². The van der Waals surface area contributed by atoms with Crippen molar-refractivity contribution in [2.75, 3.05) is 0 Å². The van der Waals surface area contributed by atoms with Crippen molar-refractivity contribution in [2.24, 2.45) is 5.73 Å². The molecule has 0 fully saturated rings. The van der Waals surface area contributed by atoms with Crippen LogP contribution in [0, 0.1) is 6.92 Å². The molecular weight excluding hydrogens is 252 g/mol. The van der Waals surface area contributed by atoms with Gasteiger partial charge in [0.15, 0.2) is 0 Å². The quantitative estimate of drug-likeness (QED) is 0.834. The van der Waals surface area contributed by atoms with Gasteiger partial charge in [0.1, 0.15) is 11.4 Å². The van der Waals surface area contributed by atoms with Crippen LogP contribution in [0.1, 0.15) is 30.7 Å². The molecule has 106 valence electrons. The number of hydrogen-bond donors (Lipinski definition) is 2. The fourth-order valence-electron chi connectivity index (χ4n) is 2.70. The molecule has 2 aromatic rings. The summed E-state index contributed by atoms with van der Waals surface area (Å²) < 4.78 is 5.95. The third-order valence-electron chi connectivity index (χ3n) is 4.05. The van der Waals surface area contributed by atoms with Crippen molar-refractivity contribution in [1.29, 1.82) is 0 Å². The molecule has 1 aromatic carbocycles. The number of aryl methyl sites for hydroxylation is 1. The van der Waals surface area contributed by atoms with Crippen molar-refractivity contribution in [3.05, 3.63) is 35.0 Å². The Labute approximate surface area is 118 Å². The van der Waals surface area contributed by atoms with E-state index in [4.69, 9.17) is 10.5 Å². The Morgan fingerprint density at radius 1 is 1.40 bits per heavy atom. The zero-order chi connectivity index (χ0) is 14.5. The summed E-state index contributed by atoms with van der Waals surface area (Å²) in [4.78, 5) is 4.56. The number of aliphatic hydroxyl groups excluding tert-OH is 1. The maximum atomic E-state index is 10.1. The van der Waals surface area contributed by atoms with Gasteiger partial charge in [-0.3, -0.25) is 4.98 Å². The van der Waals surface area contributed by atoms with Crippen LogP contribution in [-0.2, 0) is 13.0 Å². The van der Waals surface area contributed by atoms with Crippen LogP contribution in [-0.4, -0.2) is 21.8 Å². The van der Waals surface area contributed by atoms with Gasteiger partial charge < -0.3 is 15.6 Å². The molecule has 4 heteroatoms. The van der Waals surface area contributed by atoms with Crippen molar-refractivity contribution in [2.45, 2.75) is 45.4 Å². The van der Waals surface area contributed by atoms with Crippen LogP contribution in [0.15, 0.2) is 18.2 Å². The van der Waals surface area contributed by atoms with Crippen LogP contribution in [0.4, 0.5) is 0 Å². The SMILES string of the molecule is Cc1cc(CN)nc2cc3c(cc12)OC(C)(C)[C@H](O)C3. The molecule has 2 heterocycles. The normalized spacial score (nSPS) is 20.6. The summed E-state index contributed by atoms with van der Waals surface area (Å²) in [7, 11) is 0. The summed E-state index contributed by atoms with van der Waals surface area (Å²) in [6, 6.07) is 6.05. The molecule has 1 aliphatic heterocycles. The number of pyridine rings is 1. The molecule has 0 bridgehead atoms.